The van der Waals surface area contributed by atoms with Crippen molar-refractivity contribution in [1.82, 2.24) is 9.55 Å². The number of hydrogen-bond acceptors (Lipinski definition) is 3. The Kier molecular flexibility index (Phi) is 4.33. The van der Waals surface area contributed by atoms with Crippen molar-refractivity contribution in [1.29, 1.82) is 0 Å². The Morgan fingerprint density at radius 2 is 1.76 bits per heavy atom. The van der Waals surface area contributed by atoms with Crippen LogP contribution >= 0.6 is 11.3 Å². The Bertz CT molecular complexity index is 1300. The maximum absolute atomic E-state index is 13.1. The molecule has 3 aromatic carbocycles. The van der Waals surface area contributed by atoms with Crippen LogP contribution in [-0.2, 0) is 11.3 Å². The van der Waals surface area contributed by atoms with Gasteiger partial charge in [0.2, 0.25) is 5.91 Å². The monoisotopic (exact) mass is 401 g/mol. The maximum Gasteiger partial charge on any atom is 0.244 e. The van der Waals surface area contributed by atoms with Gasteiger partial charge in [0.1, 0.15) is 17.4 Å². The molecule has 142 valence electrons. The fraction of sp³-hybridized carbons (Fsp3) is 0.0435. The fourth-order valence-corrected chi connectivity index (χ4v) is 4.41. The van der Waals surface area contributed by atoms with Crippen molar-refractivity contribution in [2.75, 3.05) is 5.32 Å². The van der Waals surface area contributed by atoms with Gasteiger partial charge >= 0.3 is 0 Å². The predicted octanol–water partition coefficient (Wildman–Crippen LogP) is 5.70. The largest absolute Gasteiger partial charge is 0.337 e. The van der Waals surface area contributed by atoms with Crippen molar-refractivity contribution in [3.8, 4) is 10.6 Å². The minimum absolute atomic E-state index is 0.156. The number of carbonyl (C=O) groups is 1. The van der Waals surface area contributed by atoms with E-state index in [1.165, 1.54) is 12.1 Å². The van der Waals surface area contributed by atoms with Crippen molar-refractivity contribution in [2.45, 2.75) is 6.54 Å². The molecule has 0 radical (unpaired) electrons. The number of fused-ring (bicyclic) bond motifs is 2. The number of amides is 1. The van der Waals surface area contributed by atoms with Crippen LogP contribution in [0.25, 0.3) is 31.7 Å². The van der Waals surface area contributed by atoms with E-state index in [0.29, 0.717) is 5.69 Å². The van der Waals surface area contributed by atoms with Crippen LogP contribution in [0.3, 0.4) is 0 Å². The van der Waals surface area contributed by atoms with Crippen LogP contribution in [0.5, 0.6) is 0 Å². The Morgan fingerprint density at radius 3 is 2.59 bits per heavy atom. The summed E-state index contributed by atoms with van der Waals surface area (Å²) in [6, 6.07) is 21.8. The number of nitrogens with one attached hydrogen (secondary N) is 1. The maximum atomic E-state index is 13.1. The molecule has 1 N–H and O–H groups in total. The molecule has 0 spiro atoms. The zero-order chi connectivity index (χ0) is 19.8. The summed E-state index contributed by atoms with van der Waals surface area (Å²) in [6.45, 7) is 0.156. The number of nitrogens with zero attached hydrogens (tertiary/aromatic N) is 2. The molecule has 2 heterocycles. The number of carbonyl (C=O) groups excluding carboxylic acids is 1. The first-order chi connectivity index (χ1) is 14.2. The Balaban J connectivity index is 1.50. The number of anilines is 1. The zero-order valence-electron chi connectivity index (χ0n) is 15.3. The second-order valence-electron chi connectivity index (χ2n) is 6.73. The van der Waals surface area contributed by atoms with Gasteiger partial charge in [-0.05, 0) is 42.5 Å². The first kappa shape index (κ1) is 17.6. The third-order valence-corrected chi connectivity index (χ3v) is 5.82. The minimum Gasteiger partial charge on any atom is -0.337 e. The average molecular weight is 401 g/mol. The molecule has 29 heavy (non-hydrogen) atoms. The summed E-state index contributed by atoms with van der Waals surface area (Å²) < 4.78 is 16.1. The second kappa shape index (κ2) is 7.14. The van der Waals surface area contributed by atoms with Crippen molar-refractivity contribution >= 4 is 44.1 Å². The van der Waals surface area contributed by atoms with E-state index in [1.54, 1.807) is 23.5 Å². The number of benzene rings is 3. The summed E-state index contributed by atoms with van der Waals surface area (Å²) in [7, 11) is 0. The van der Waals surface area contributed by atoms with Crippen LogP contribution in [0.15, 0.2) is 79.0 Å². The molecule has 5 rings (SSSR count). The van der Waals surface area contributed by atoms with Gasteiger partial charge in [0.25, 0.3) is 0 Å². The molecule has 0 fully saturated rings. The second-order valence-corrected chi connectivity index (χ2v) is 7.76. The van der Waals surface area contributed by atoms with Crippen LogP contribution in [0.4, 0.5) is 10.1 Å². The van der Waals surface area contributed by atoms with E-state index in [0.717, 1.165) is 31.7 Å². The molecule has 0 aliphatic carbocycles. The number of aromatic nitrogens is 2. The molecule has 0 saturated carbocycles. The Labute approximate surface area is 170 Å². The highest BCUT2D eigenvalue weighted by Crippen LogP contribution is 2.35. The lowest BCUT2D eigenvalue weighted by Gasteiger charge is -2.07. The summed E-state index contributed by atoms with van der Waals surface area (Å²) in [6.07, 6.45) is 1.98. The molecule has 0 atom stereocenters. The quantitative estimate of drug-likeness (QED) is 0.420. The lowest BCUT2D eigenvalue weighted by Crippen LogP contribution is -2.18. The lowest BCUT2D eigenvalue weighted by atomic mass is 10.2. The molecule has 2 aromatic heterocycles. The van der Waals surface area contributed by atoms with Gasteiger partial charge in [-0.3, -0.25) is 4.79 Å². The SMILES string of the molecule is O=C(Cn1cc(-c2nc3ccccc3s2)c2ccccc21)Nc1ccc(F)cc1. The third-order valence-electron chi connectivity index (χ3n) is 4.75. The van der Waals surface area contributed by atoms with Gasteiger partial charge in [-0.2, -0.15) is 0 Å². The molecule has 0 aliphatic rings. The third kappa shape index (κ3) is 3.39. The molecule has 5 aromatic rings. The van der Waals surface area contributed by atoms with E-state index in [2.05, 4.69) is 11.4 Å². The summed E-state index contributed by atoms with van der Waals surface area (Å²) in [5.74, 6) is -0.506. The van der Waals surface area contributed by atoms with E-state index >= 15 is 0 Å². The van der Waals surface area contributed by atoms with Gasteiger partial charge in [-0.25, -0.2) is 9.37 Å². The molecule has 0 bridgehead atoms. The molecule has 4 nitrogen and oxygen atoms in total. The van der Waals surface area contributed by atoms with E-state index in [1.807, 2.05) is 53.2 Å². The van der Waals surface area contributed by atoms with Gasteiger partial charge in [0, 0.05) is 28.4 Å². The molecule has 0 saturated heterocycles. The first-order valence-corrected chi connectivity index (χ1v) is 9.98. The molecule has 6 heteroatoms. The highest BCUT2D eigenvalue weighted by molar-refractivity contribution is 7.21. The van der Waals surface area contributed by atoms with Crippen LogP contribution in [0.2, 0.25) is 0 Å². The predicted molar refractivity (Wildman–Crippen MR) is 116 cm³/mol. The minimum atomic E-state index is -0.333. The van der Waals surface area contributed by atoms with Crippen LogP contribution in [0.1, 0.15) is 0 Å². The number of para-hydroxylation sites is 2. The zero-order valence-corrected chi connectivity index (χ0v) is 16.1. The average Bonchev–Trinajstić information content (AvgIpc) is 3.31. The normalized spacial score (nSPS) is 11.2. The van der Waals surface area contributed by atoms with Crippen molar-refractivity contribution in [3.63, 3.8) is 0 Å². The number of halogens is 1. The number of rotatable bonds is 4. The molecule has 1 amide bonds. The topological polar surface area (TPSA) is 46.9 Å². The van der Waals surface area contributed by atoms with Gasteiger partial charge < -0.3 is 9.88 Å². The summed E-state index contributed by atoms with van der Waals surface area (Å²) in [4.78, 5) is 17.3. The van der Waals surface area contributed by atoms with E-state index in [9.17, 15) is 9.18 Å². The van der Waals surface area contributed by atoms with Gasteiger partial charge in [-0.1, -0.05) is 30.3 Å². The smallest absolute Gasteiger partial charge is 0.244 e. The van der Waals surface area contributed by atoms with E-state index in [-0.39, 0.29) is 18.3 Å². The summed E-state index contributed by atoms with van der Waals surface area (Å²) >= 11 is 1.64. The Morgan fingerprint density at radius 1 is 1.00 bits per heavy atom. The highest BCUT2D eigenvalue weighted by atomic mass is 32.1. The summed E-state index contributed by atoms with van der Waals surface area (Å²) in [5.41, 5.74) is 3.52. The van der Waals surface area contributed by atoms with Gasteiger partial charge in [0.05, 0.1) is 10.2 Å². The van der Waals surface area contributed by atoms with Crippen LogP contribution in [-0.4, -0.2) is 15.5 Å². The van der Waals surface area contributed by atoms with Gasteiger partial charge in [0.15, 0.2) is 0 Å². The van der Waals surface area contributed by atoms with Crippen molar-refractivity contribution in [3.05, 3.63) is 84.8 Å². The van der Waals surface area contributed by atoms with E-state index < -0.39 is 0 Å². The molecular formula is C23H16FN3OS. The first-order valence-electron chi connectivity index (χ1n) is 9.16. The van der Waals surface area contributed by atoms with Gasteiger partial charge in [-0.15, -0.1) is 11.3 Å². The van der Waals surface area contributed by atoms with E-state index in [4.69, 9.17) is 4.98 Å². The fourth-order valence-electron chi connectivity index (χ4n) is 3.42. The lowest BCUT2D eigenvalue weighted by molar-refractivity contribution is -0.116. The number of thiazole rings is 1. The molecule has 0 unspecified atom stereocenters. The molecular weight excluding hydrogens is 385 g/mol. The van der Waals surface area contributed by atoms with Crippen molar-refractivity contribution in [2.24, 2.45) is 0 Å². The molecule has 0 aliphatic heterocycles. The van der Waals surface area contributed by atoms with Crippen LogP contribution in [0, 0.1) is 5.82 Å². The summed E-state index contributed by atoms with van der Waals surface area (Å²) in [5, 5.41) is 4.80. The van der Waals surface area contributed by atoms with Crippen molar-refractivity contribution < 1.29 is 9.18 Å². The number of hydrogen-bond donors (Lipinski definition) is 1. The van der Waals surface area contributed by atoms with Crippen LogP contribution < -0.4 is 5.32 Å². The Hall–Kier alpha value is -3.51. The highest BCUT2D eigenvalue weighted by Gasteiger charge is 2.15. The standard InChI is InChI=1S/C23H16FN3OS/c24-15-9-11-16(12-10-15)25-22(28)14-27-13-18(17-5-1-3-7-20(17)27)23-26-19-6-2-4-8-21(19)29-23/h1-13H,14H2,(H,25,28).